The van der Waals surface area contributed by atoms with Crippen LogP contribution in [0.3, 0.4) is 0 Å². The third kappa shape index (κ3) is 8.93. The molecule has 0 radical (unpaired) electrons. The van der Waals surface area contributed by atoms with E-state index in [1.165, 1.54) is 32.2 Å². The number of hydrogen-bond donors (Lipinski definition) is 1. The second kappa shape index (κ2) is 14.8. The standard InChI is InChI=1S/C29H33NO12/c1-16(31)37-15-24-25(38-17(2)32)26(39-18(3)33)27(40-19(4)34)29(42-24)41-22-12-11-21(13-23(22)36-5)28(35)30-14-20-9-7-6-8-10-20/h6-13,24-27,29H,14-15H2,1-5H3,(H,30,35)/t24-,25+,26+,27+,29-/m1/s1. The van der Waals surface area contributed by atoms with Crippen molar-refractivity contribution >= 4 is 29.8 Å². The Kier molecular flexibility index (Phi) is 11.3. The molecule has 0 bridgehead atoms. The summed E-state index contributed by atoms with van der Waals surface area (Å²) in [6.45, 7) is 4.44. The highest BCUT2D eigenvalue weighted by Crippen LogP contribution is 2.35. The van der Waals surface area contributed by atoms with Crippen molar-refractivity contribution in [3.8, 4) is 11.5 Å². The normalized spacial score (nSPS) is 21.3. The highest BCUT2D eigenvalue weighted by Gasteiger charge is 2.53. The summed E-state index contributed by atoms with van der Waals surface area (Å²) in [7, 11) is 1.36. The molecular formula is C29H33NO12. The van der Waals surface area contributed by atoms with E-state index in [1.54, 1.807) is 0 Å². The zero-order chi connectivity index (χ0) is 30.8. The first kappa shape index (κ1) is 31.9. The molecule has 3 rings (SSSR count). The predicted octanol–water partition coefficient (Wildman–Crippen LogP) is 2.09. The van der Waals surface area contributed by atoms with E-state index in [4.69, 9.17) is 33.2 Å². The number of carbonyl (C=O) groups is 5. The Balaban J connectivity index is 1.91. The van der Waals surface area contributed by atoms with Gasteiger partial charge in [0.1, 0.15) is 12.7 Å². The summed E-state index contributed by atoms with van der Waals surface area (Å²) in [6.07, 6.45) is -6.80. The largest absolute Gasteiger partial charge is 0.493 e. The van der Waals surface area contributed by atoms with Crippen LogP contribution in [0, 0.1) is 0 Å². The molecule has 2 aromatic rings. The Hall–Kier alpha value is -4.65. The minimum absolute atomic E-state index is 0.0815. The zero-order valence-corrected chi connectivity index (χ0v) is 23.8. The van der Waals surface area contributed by atoms with Crippen molar-refractivity contribution in [2.75, 3.05) is 13.7 Å². The maximum Gasteiger partial charge on any atom is 0.303 e. The van der Waals surface area contributed by atoms with Gasteiger partial charge in [-0.25, -0.2) is 0 Å². The predicted molar refractivity (Wildman–Crippen MR) is 143 cm³/mol. The van der Waals surface area contributed by atoms with Gasteiger partial charge >= 0.3 is 23.9 Å². The van der Waals surface area contributed by atoms with Crippen molar-refractivity contribution < 1.29 is 57.1 Å². The summed E-state index contributed by atoms with van der Waals surface area (Å²) in [4.78, 5) is 60.3. The molecule has 226 valence electrons. The fraction of sp³-hybridized carbons (Fsp3) is 0.414. The summed E-state index contributed by atoms with van der Waals surface area (Å²) in [5, 5.41) is 2.82. The summed E-state index contributed by atoms with van der Waals surface area (Å²) in [6, 6.07) is 13.8. The van der Waals surface area contributed by atoms with Crippen LogP contribution < -0.4 is 14.8 Å². The molecule has 13 nitrogen and oxygen atoms in total. The lowest BCUT2D eigenvalue weighted by atomic mass is 9.98. The SMILES string of the molecule is COc1cc(C(=O)NCc2ccccc2)ccc1O[C@@H]1O[C@H](COC(C)=O)[C@H](OC(C)=O)[C@H](OC(C)=O)[C@@H]1OC(C)=O. The summed E-state index contributed by atoms with van der Waals surface area (Å²) in [5.74, 6) is -3.09. The molecule has 1 heterocycles. The van der Waals surface area contributed by atoms with Gasteiger partial charge in [-0.1, -0.05) is 30.3 Å². The van der Waals surface area contributed by atoms with Gasteiger partial charge in [-0.2, -0.15) is 0 Å². The molecule has 1 aliphatic heterocycles. The van der Waals surface area contributed by atoms with E-state index in [2.05, 4.69) is 5.32 Å². The van der Waals surface area contributed by atoms with Crippen LogP contribution >= 0.6 is 0 Å². The van der Waals surface area contributed by atoms with Crippen molar-refractivity contribution in [1.29, 1.82) is 0 Å². The van der Waals surface area contributed by atoms with Gasteiger partial charge in [0.15, 0.2) is 23.7 Å². The van der Waals surface area contributed by atoms with E-state index in [0.29, 0.717) is 6.54 Å². The lowest BCUT2D eigenvalue weighted by Gasteiger charge is -2.44. The number of nitrogens with one attached hydrogen (secondary N) is 1. The van der Waals surface area contributed by atoms with Gasteiger partial charge in [-0.15, -0.1) is 0 Å². The molecule has 1 N–H and O–H groups in total. The number of rotatable bonds is 11. The van der Waals surface area contributed by atoms with Crippen LogP contribution in [-0.4, -0.2) is 74.2 Å². The van der Waals surface area contributed by atoms with Gasteiger partial charge in [0.2, 0.25) is 12.4 Å². The van der Waals surface area contributed by atoms with Crippen LogP contribution in [0.15, 0.2) is 48.5 Å². The van der Waals surface area contributed by atoms with Crippen LogP contribution in [0.2, 0.25) is 0 Å². The first-order valence-corrected chi connectivity index (χ1v) is 13.0. The van der Waals surface area contributed by atoms with Crippen LogP contribution in [-0.2, 0) is 49.4 Å². The van der Waals surface area contributed by atoms with E-state index in [-0.39, 0.29) is 23.0 Å². The van der Waals surface area contributed by atoms with E-state index in [1.807, 2.05) is 30.3 Å². The van der Waals surface area contributed by atoms with Crippen molar-refractivity contribution in [2.45, 2.75) is 64.9 Å². The molecule has 1 fully saturated rings. The molecule has 1 amide bonds. The molecule has 0 unspecified atom stereocenters. The highest BCUT2D eigenvalue weighted by atomic mass is 16.7. The van der Waals surface area contributed by atoms with Gasteiger partial charge in [-0.05, 0) is 23.8 Å². The maximum absolute atomic E-state index is 12.8. The third-order valence-electron chi connectivity index (χ3n) is 5.91. The molecule has 2 aromatic carbocycles. The van der Waals surface area contributed by atoms with Crippen molar-refractivity contribution in [3.05, 3.63) is 59.7 Å². The Labute approximate surface area is 242 Å². The molecule has 13 heteroatoms. The van der Waals surface area contributed by atoms with E-state index in [9.17, 15) is 24.0 Å². The van der Waals surface area contributed by atoms with Gasteiger partial charge in [0.25, 0.3) is 5.91 Å². The zero-order valence-electron chi connectivity index (χ0n) is 23.8. The van der Waals surface area contributed by atoms with E-state index in [0.717, 1.165) is 26.3 Å². The van der Waals surface area contributed by atoms with Crippen LogP contribution in [0.1, 0.15) is 43.6 Å². The second-order valence-corrected chi connectivity index (χ2v) is 9.22. The van der Waals surface area contributed by atoms with Crippen LogP contribution in [0.5, 0.6) is 11.5 Å². The molecule has 0 aliphatic carbocycles. The number of methoxy groups -OCH3 is 1. The number of benzene rings is 2. The summed E-state index contributed by atoms with van der Waals surface area (Å²) >= 11 is 0. The summed E-state index contributed by atoms with van der Waals surface area (Å²) in [5.41, 5.74) is 1.19. The summed E-state index contributed by atoms with van der Waals surface area (Å²) < 4.78 is 38.7. The third-order valence-corrected chi connectivity index (χ3v) is 5.91. The van der Waals surface area contributed by atoms with Gasteiger partial charge < -0.3 is 38.5 Å². The Morgan fingerprint density at radius 3 is 1.98 bits per heavy atom. The monoisotopic (exact) mass is 587 g/mol. The average molecular weight is 588 g/mol. The van der Waals surface area contributed by atoms with Crippen LogP contribution in [0.4, 0.5) is 0 Å². The molecule has 0 aromatic heterocycles. The number of esters is 4. The maximum atomic E-state index is 12.8. The van der Waals surface area contributed by atoms with Gasteiger partial charge in [0, 0.05) is 39.8 Å². The topological polar surface area (TPSA) is 162 Å². The number of hydrogen-bond acceptors (Lipinski definition) is 12. The lowest BCUT2D eigenvalue weighted by Crippen LogP contribution is -2.63. The minimum atomic E-state index is -1.46. The van der Waals surface area contributed by atoms with Crippen LogP contribution in [0.25, 0.3) is 0 Å². The molecular weight excluding hydrogens is 554 g/mol. The van der Waals surface area contributed by atoms with Crippen molar-refractivity contribution in [1.82, 2.24) is 5.32 Å². The first-order chi connectivity index (χ1) is 20.0. The van der Waals surface area contributed by atoms with Crippen molar-refractivity contribution in [3.63, 3.8) is 0 Å². The molecule has 0 spiro atoms. The average Bonchev–Trinajstić information content (AvgIpc) is 2.93. The Bertz CT molecular complexity index is 1280. The minimum Gasteiger partial charge on any atom is -0.493 e. The molecule has 42 heavy (non-hydrogen) atoms. The fourth-order valence-electron chi connectivity index (χ4n) is 4.20. The van der Waals surface area contributed by atoms with E-state index >= 15 is 0 Å². The number of ether oxygens (including phenoxy) is 7. The lowest BCUT2D eigenvalue weighted by molar-refractivity contribution is -0.288. The molecule has 0 saturated carbocycles. The molecule has 1 saturated heterocycles. The molecule has 5 atom stereocenters. The molecule has 1 aliphatic rings. The van der Waals surface area contributed by atoms with E-state index < -0.39 is 61.2 Å². The quantitative estimate of drug-likeness (QED) is 0.301. The Morgan fingerprint density at radius 1 is 0.762 bits per heavy atom. The fourth-order valence-corrected chi connectivity index (χ4v) is 4.20. The smallest absolute Gasteiger partial charge is 0.303 e. The first-order valence-electron chi connectivity index (χ1n) is 13.0. The highest BCUT2D eigenvalue weighted by molar-refractivity contribution is 5.94. The van der Waals surface area contributed by atoms with Gasteiger partial charge in [-0.3, -0.25) is 24.0 Å². The second-order valence-electron chi connectivity index (χ2n) is 9.22. The number of amides is 1. The van der Waals surface area contributed by atoms with Gasteiger partial charge in [0.05, 0.1) is 7.11 Å². The van der Waals surface area contributed by atoms with Crippen molar-refractivity contribution in [2.24, 2.45) is 0 Å². The Morgan fingerprint density at radius 2 is 1.38 bits per heavy atom. The number of carbonyl (C=O) groups excluding carboxylic acids is 5.